The molecule has 1 N–H and O–H groups in total. The van der Waals surface area contributed by atoms with Crippen LogP contribution in [0.15, 0.2) is 17.5 Å². The third-order valence-corrected chi connectivity index (χ3v) is 4.82. The van der Waals surface area contributed by atoms with E-state index < -0.39 is 0 Å². The lowest BCUT2D eigenvalue weighted by molar-refractivity contribution is -0.116. The van der Waals surface area contributed by atoms with Crippen LogP contribution in [0.2, 0.25) is 0 Å². The first-order valence-electron chi connectivity index (χ1n) is 6.79. The van der Waals surface area contributed by atoms with E-state index in [9.17, 15) is 9.18 Å². The molecule has 20 heavy (non-hydrogen) atoms. The predicted octanol–water partition coefficient (Wildman–Crippen LogP) is 3.71. The van der Waals surface area contributed by atoms with Crippen molar-refractivity contribution in [2.24, 2.45) is 0 Å². The van der Waals surface area contributed by atoms with Gasteiger partial charge in [0.25, 0.3) is 0 Å². The van der Waals surface area contributed by atoms with Crippen molar-refractivity contribution in [3.05, 3.63) is 33.9 Å². The average molecular weight is 288 g/mol. The molecule has 0 bridgehead atoms. The van der Waals surface area contributed by atoms with Gasteiger partial charge in [0.05, 0.1) is 10.7 Å². The fourth-order valence-electron chi connectivity index (χ4n) is 2.53. The number of fused-ring (bicyclic) bond motifs is 1. The molecule has 1 aliphatic carbocycles. The van der Waals surface area contributed by atoms with Crippen molar-refractivity contribution in [1.82, 2.24) is 4.98 Å². The molecule has 102 valence electrons. The molecule has 0 saturated heterocycles. The smallest absolute Gasteiger partial charge is 0.224 e. The number of hydrogen-bond acceptors (Lipinski definition) is 3. The van der Waals surface area contributed by atoms with E-state index in [4.69, 9.17) is 0 Å². The number of rotatable bonds is 2. The number of nitrogens with one attached hydrogen (secondary N) is 1. The van der Waals surface area contributed by atoms with Gasteiger partial charge in [-0.15, -0.1) is 11.3 Å². The minimum atomic E-state index is -0.321. The second kappa shape index (κ2) is 4.38. The molecule has 1 saturated carbocycles. The number of halogens is 1. The monoisotopic (exact) mass is 288 g/mol. The number of nitrogens with zero attached hydrogens (tertiary/aromatic N) is 1. The van der Waals surface area contributed by atoms with Gasteiger partial charge in [0.2, 0.25) is 5.91 Å². The van der Waals surface area contributed by atoms with Gasteiger partial charge < -0.3 is 5.32 Å². The van der Waals surface area contributed by atoms with Crippen LogP contribution in [0, 0.1) is 5.82 Å². The summed E-state index contributed by atoms with van der Waals surface area (Å²) in [5.41, 5.74) is 2.85. The highest BCUT2D eigenvalue weighted by Gasteiger charge is 2.27. The van der Waals surface area contributed by atoms with Crippen molar-refractivity contribution in [2.45, 2.75) is 31.6 Å². The van der Waals surface area contributed by atoms with E-state index in [1.54, 1.807) is 11.3 Å². The van der Waals surface area contributed by atoms with Crippen LogP contribution in [0.4, 0.5) is 10.1 Å². The molecule has 1 amide bonds. The van der Waals surface area contributed by atoms with Gasteiger partial charge >= 0.3 is 0 Å². The number of anilines is 1. The van der Waals surface area contributed by atoms with Crippen molar-refractivity contribution in [3.8, 4) is 11.3 Å². The Morgan fingerprint density at radius 3 is 2.95 bits per heavy atom. The third-order valence-electron chi connectivity index (χ3n) is 3.81. The second-order valence-electron chi connectivity index (χ2n) is 5.38. The minimum absolute atomic E-state index is 0.0469. The Morgan fingerprint density at radius 2 is 2.15 bits per heavy atom. The normalized spacial score (nSPS) is 17.8. The van der Waals surface area contributed by atoms with Crippen molar-refractivity contribution in [3.63, 3.8) is 0 Å². The predicted molar refractivity (Wildman–Crippen MR) is 76.4 cm³/mol. The van der Waals surface area contributed by atoms with Crippen LogP contribution in [0.5, 0.6) is 0 Å². The summed E-state index contributed by atoms with van der Waals surface area (Å²) in [4.78, 5) is 15.9. The summed E-state index contributed by atoms with van der Waals surface area (Å²) in [6.45, 7) is 0. The molecule has 4 rings (SSSR count). The molecule has 1 fully saturated rings. The van der Waals surface area contributed by atoms with Gasteiger partial charge in [-0.1, -0.05) is 0 Å². The number of aryl methyl sites for hydroxylation is 1. The van der Waals surface area contributed by atoms with Crippen molar-refractivity contribution in [2.75, 3.05) is 5.32 Å². The van der Waals surface area contributed by atoms with Crippen LogP contribution in [0.1, 0.15) is 35.8 Å². The molecule has 2 heterocycles. The van der Waals surface area contributed by atoms with Crippen LogP contribution in [-0.4, -0.2) is 10.9 Å². The molecule has 2 aliphatic rings. The Morgan fingerprint density at radius 1 is 1.30 bits per heavy atom. The summed E-state index contributed by atoms with van der Waals surface area (Å²) in [5.74, 6) is 0.224. The maximum atomic E-state index is 14.2. The van der Waals surface area contributed by atoms with Crippen molar-refractivity contribution in [1.29, 1.82) is 0 Å². The molecule has 0 radical (unpaired) electrons. The zero-order valence-electron chi connectivity index (χ0n) is 10.8. The van der Waals surface area contributed by atoms with Gasteiger partial charge in [0.15, 0.2) is 0 Å². The Hall–Kier alpha value is -1.75. The first kappa shape index (κ1) is 12.0. The molecule has 1 aromatic carbocycles. The lowest BCUT2D eigenvalue weighted by Gasteiger charge is -2.17. The van der Waals surface area contributed by atoms with E-state index in [1.807, 2.05) is 11.4 Å². The van der Waals surface area contributed by atoms with E-state index in [-0.39, 0.29) is 11.7 Å². The van der Waals surface area contributed by atoms with Gasteiger partial charge in [-0.25, -0.2) is 9.37 Å². The second-order valence-corrected chi connectivity index (χ2v) is 6.27. The molecule has 0 unspecified atom stereocenters. The summed E-state index contributed by atoms with van der Waals surface area (Å²) in [7, 11) is 0. The maximum absolute atomic E-state index is 14.2. The zero-order valence-corrected chi connectivity index (χ0v) is 11.6. The van der Waals surface area contributed by atoms with Gasteiger partial charge in [-0.05, 0) is 37.0 Å². The lowest BCUT2D eigenvalue weighted by Crippen LogP contribution is -2.19. The highest BCUT2D eigenvalue weighted by Crippen LogP contribution is 2.43. The molecule has 3 nitrogen and oxygen atoms in total. The molecular formula is C15H13FN2OS. The molecule has 0 spiro atoms. The van der Waals surface area contributed by atoms with E-state index >= 15 is 0 Å². The van der Waals surface area contributed by atoms with Crippen LogP contribution < -0.4 is 5.32 Å². The first-order valence-corrected chi connectivity index (χ1v) is 7.67. The van der Waals surface area contributed by atoms with Gasteiger partial charge in [0, 0.05) is 29.0 Å². The lowest BCUT2D eigenvalue weighted by atomic mass is 9.99. The molecule has 5 heteroatoms. The highest BCUT2D eigenvalue weighted by molar-refractivity contribution is 7.10. The number of hydrogen-bond donors (Lipinski definition) is 1. The fourth-order valence-corrected chi connectivity index (χ4v) is 3.52. The SMILES string of the molecule is O=C1CCc2cc(-c3csc(C4CC4)n3)c(F)cc2N1. The van der Waals surface area contributed by atoms with E-state index in [2.05, 4.69) is 10.3 Å². The van der Waals surface area contributed by atoms with Crippen molar-refractivity contribution >= 4 is 22.9 Å². The highest BCUT2D eigenvalue weighted by atomic mass is 32.1. The maximum Gasteiger partial charge on any atom is 0.224 e. The van der Waals surface area contributed by atoms with Crippen LogP contribution in [0.3, 0.4) is 0 Å². The molecule has 1 aliphatic heterocycles. The quantitative estimate of drug-likeness (QED) is 0.915. The Bertz CT molecular complexity index is 706. The van der Waals surface area contributed by atoms with Gasteiger partial charge in [0.1, 0.15) is 5.82 Å². The zero-order chi connectivity index (χ0) is 13.7. The number of benzene rings is 1. The third kappa shape index (κ3) is 2.02. The number of aromatic nitrogens is 1. The minimum Gasteiger partial charge on any atom is -0.326 e. The molecular weight excluding hydrogens is 275 g/mol. The summed E-state index contributed by atoms with van der Waals surface area (Å²) >= 11 is 1.61. The van der Waals surface area contributed by atoms with Crippen LogP contribution >= 0.6 is 11.3 Å². The fraction of sp³-hybridized carbons (Fsp3) is 0.333. The van der Waals surface area contributed by atoms with Crippen LogP contribution in [0.25, 0.3) is 11.3 Å². The van der Waals surface area contributed by atoms with Gasteiger partial charge in [-0.2, -0.15) is 0 Å². The summed E-state index contributed by atoms with van der Waals surface area (Å²) < 4.78 is 14.2. The summed E-state index contributed by atoms with van der Waals surface area (Å²) in [6.07, 6.45) is 3.52. The standard InChI is InChI=1S/C15H13FN2OS/c16-11-6-12-9(3-4-14(19)17-12)5-10(11)13-7-20-15(18-13)8-1-2-8/h5-8H,1-4H2,(H,17,19). The number of thiazole rings is 1. The Balaban J connectivity index is 1.75. The Labute approximate surface area is 119 Å². The first-order chi connectivity index (χ1) is 9.70. The number of carbonyl (C=O) groups excluding carboxylic acids is 1. The Kier molecular flexibility index (Phi) is 2.63. The number of amides is 1. The molecule has 1 aromatic heterocycles. The largest absolute Gasteiger partial charge is 0.326 e. The molecule has 0 atom stereocenters. The molecule has 2 aromatic rings. The van der Waals surface area contributed by atoms with E-state index in [0.717, 1.165) is 10.6 Å². The number of carbonyl (C=O) groups is 1. The average Bonchev–Trinajstić information content (AvgIpc) is 3.16. The van der Waals surface area contributed by atoms with Crippen molar-refractivity contribution < 1.29 is 9.18 Å². The van der Waals surface area contributed by atoms with E-state index in [0.29, 0.717) is 35.7 Å². The van der Waals surface area contributed by atoms with E-state index in [1.165, 1.54) is 18.9 Å². The van der Waals surface area contributed by atoms with Gasteiger partial charge in [-0.3, -0.25) is 4.79 Å². The topological polar surface area (TPSA) is 42.0 Å². The summed E-state index contributed by atoms with van der Waals surface area (Å²) in [5, 5.41) is 5.76. The van der Waals surface area contributed by atoms with Crippen LogP contribution in [-0.2, 0) is 11.2 Å². The summed E-state index contributed by atoms with van der Waals surface area (Å²) in [6, 6.07) is 3.24.